The molecular weight excluding hydrogens is 489 g/mol. The average molecular weight is 518 g/mol. The second-order valence-corrected chi connectivity index (χ2v) is 8.86. The number of halogens is 2. The van der Waals surface area contributed by atoms with Gasteiger partial charge in [-0.3, -0.25) is 4.79 Å². The number of carbonyl (C=O) groups is 1. The molecule has 7 nitrogen and oxygen atoms in total. The van der Waals surface area contributed by atoms with Crippen molar-refractivity contribution in [2.75, 3.05) is 34.0 Å². The molecule has 2 aromatic carbocycles. The van der Waals surface area contributed by atoms with Crippen LogP contribution in [0.2, 0.25) is 5.02 Å². The Bertz CT molecular complexity index is 1220. The first-order valence-corrected chi connectivity index (χ1v) is 11.7. The van der Waals surface area contributed by atoms with Gasteiger partial charge in [0.1, 0.15) is 23.9 Å². The van der Waals surface area contributed by atoms with Crippen molar-refractivity contribution >= 4 is 17.4 Å². The van der Waals surface area contributed by atoms with Crippen LogP contribution in [0.3, 0.4) is 0 Å². The van der Waals surface area contributed by atoms with Crippen molar-refractivity contribution < 1.29 is 33.6 Å². The molecule has 36 heavy (non-hydrogen) atoms. The number of aliphatic hydroxyl groups is 2. The Balaban J connectivity index is 1.84. The average Bonchev–Trinajstić information content (AvgIpc) is 2.91. The summed E-state index contributed by atoms with van der Waals surface area (Å²) in [6.45, 7) is 1.54. The lowest BCUT2D eigenvalue weighted by Gasteiger charge is -2.27. The number of ketones is 1. The first kappa shape index (κ1) is 27.4. The summed E-state index contributed by atoms with van der Waals surface area (Å²) < 4.78 is 29.8. The van der Waals surface area contributed by atoms with Crippen LogP contribution in [-0.4, -0.2) is 55.0 Å². The van der Waals surface area contributed by atoms with Gasteiger partial charge in [-0.25, -0.2) is 9.37 Å². The Kier molecular flexibility index (Phi) is 9.25. The van der Waals surface area contributed by atoms with Gasteiger partial charge in [-0.1, -0.05) is 18.5 Å². The van der Waals surface area contributed by atoms with Crippen LogP contribution in [0.25, 0.3) is 11.3 Å². The molecule has 1 heterocycles. The zero-order valence-electron chi connectivity index (χ0n) is 20.4. The number of ether oxygens (including phenoxy) is 3. The first-order valence-electron chi connectivity index (χ1n) is 11.3. The van der Waals surface area contributed by atoms with Crippen LogP contribution in [-0.2, 0) is 5.41 Å². The Morgan fingerprint density at radius 2 is 1.75 bits per heavy atom. The van der Waals surface area contributed by atoms with Crippen LogP contribution in [0.1, 0.15) is 35.8 Å². The van der Waals surface area contributed by atoms with Gasteiger partial charge in [0, 0.05) is 28.7 Å². The van der Waals surface area contributed by atoms with Gasteiger partial charge in [-0.2, -0.15) is 0 Å². The summed E-state index contributed by atoms with van der Waals surface area (Å²) in [4.78, 5) is 17.7. The molecule has 0 aliphatic carbocycles. The molecule has 1 atom stereocenters. The number of methoxy groups -OCH3 is 2. The zero-order valence-corrected chi connectivity index (χ0v) is 21.1. The number of rotatable bonds is 12. The molecule has 0 bridgehead atoms. The van der Waals surface area contributed by atoms with E-state index in [1.807, 2.05) is 6.92 Å². The number of carbonyl (C=O) groups excluding carboxylic acids is 1. The smallest absolute Gasteiger partial charge is 0.163 e. The van der Waals surface area contributed by atoms with Crippen molar-refractivity contribution in [3.05, 3.63) is 70.6 Å². The SMILES string of the molecule is COc1cc(C(=O)CCC(C)(CO)c2ccc(OC)c(-c3ccc(F)c(Cl)c3)n2)ccc1OCCO. The highest BCUT2D eigenvalue weighted by molar-refractivity contribution is 6.31. The number of aliphatic hydroxyl groups excluding tert-OH is 2. The molecule has 2 N–H and O–H groups in total. The van der Waals surface area contributed by atoms with Crippen molar-refractivity contribution in [2.24, 2.45) is 0 Å². The summed E-state index contributed by atoms with van der Waals surface area (Å²) in [7, 11) is 2.98. The maximum atomic E-state index is 13.7. The molecule has 9 heteroatoms. The lowest BCUT2D eigenvalue weighted by molar-refractivity contribution is 0.0958. The maximum absolute atomic E-state index is 13.7. The number of pyridine rings is 1. The van der Waals surface area contributed by atoms with E-state index in [-0.39, 0.29) is 37.0 Å². The third-order valence-corrected chi connectivity index (χ3v) is 6.27. The van der Waals surface area contributed by atoms with E-state index in [9.17, 15) is 14.3 Å². The molecule has 0 fully saturated rings. The van der Waals surface area contributed by atoms with Gasteiger partial charge in [0.15, 0.2) is 17.3 Å². The molecule has 1 unspecified atom stereocenters. The largest absolute Gasteiger partial charge is 0.494 e. The van der Waals surface area contributed by atoms with Crippen LogP contribution < -0.4 is 14.2 Å². The molecule has 0 amide bonds. The molecule has 3 aromatic rings. The fourth-order valence-corrected chi connectivity index (χ4v) is 3.92. The molecule has 192 valence electrons. The summed E-state index contributed by atoms with van der Waals surface area (Å²) in [5.74, 6) is 0.603. The standard InChI is InChI=1S/C27H29ClFNO6/c1-27(16-32,11-10-21(33)17-5-7-22(36-13-12-31)24(15-17)35-3)25-9-8-23(34-2)26(30-25)18-4-6-20(29)19(28)14-18/h4-9,14-15,31-32H,10-13,16H2,1-3H3. The van der Waals surface area contributed by atoms with Gasteiger partial charge in [-0.05, 0) is 55.0 Å². The van der Waals surface area contributed by atoms with Crippen LogP contribution in [0.4, 0.5) is 4.39 Å². The maximum Gasteiger partial charge on any atom is 0.163 e. The molecule has 3 rings (SSSR count). The summed E-state index contributed by atoms with van der Waals surface area (Å²) in [6, 6.07) is 12.6. The fourth-order valence-electron chi connectivity index (χ4n) is 3.74. The number of nitrogens with zero attached hydrogens (tertiary/aromatic N) is 1. The normalized spacial score (nSPS) is 12.6. The van der Waals surface area contributed by atoms with Gasteiger partial charge >= 0.3 is 0 Å². The molecule has 0 aliphatic heterocycles. The quantitative estimate of drug-likeness (QED) is 0.332. The highest BCUT2D eigenvalue weighted by atomic mass is 35.5. The van der Waals surface area contributed by atoms with Gasteiger partial charge in [0.05, 0.1) is 32.5 Å². The molecule has 0 saturated heterocycles. The van der Waals surface area contributed by atoms with E-state index < -0.39 is 11.2 Å². The predicted molar refractivity (Wildman–Crippen MR) is 135 cm³/mol. The van der Waals surface area contributed by atoms with Crippen LogP contribution in [0.5, 0.6) is 17.2 Å². The van der Waals surface area contributed by atoms with Gasteiger partial charge in [0.2, 0.25) is 0 Å². The summed E-state index contributed by atoms with van der Waals surface area (Å²) >= 11 is 5.97. The van der Waals surface area contributed by atoms with Crippen molar-refractivity contribution in [2.45, 2.75) is 25.2 Å². The number of Topliss-reactive ketones (excluding diaryl/α,β-unsaturated/α-hetero) is 1. The molecule has 1 aromatic heterocycles. The van der Waals surface area contributed by atoms with Crippen molar-refractivity contribution in [1.29, 1.82) is 0 Å². The second-order valence-electron chi connectivity index (χ2n) is 8.46. The Morgan fingerprint density at radius 1 is 1.03 bits per heavy atom. The van der Waals surface area contributed by atoms with E-state index >= 15 is 0 Å². The highest BCUT2D eigenvalue weighted by Crippen LogP contribution is 2.36. The second kappa shape index (κ2) is 12.2. The van der Waals surface area contributed by atoms with Gasteiger partial charge in [-0.15, -0.1) is 0 Å². The molecular formula is C27H29ClFNO6. The fraction of sp³-hybridized carbons (Fsp3) is 0.333. The van der Waals surface area contributed by atoms with Crippen molar-refractivity contribution in [3.8, 4) is 28.5 Å². The third kappa shape index (κ3) is 6.13. The Hall–Kier alpha value is -3.20. The minimum absolute atomic E-state index is 0.0412. The highest BCUT2D eigenvalue weighted by Gasteiger charge is 2.30. The number of aromatic nitrogens is 1. The summed E-state index contributed by atoms with van der Waals surface area (Å²) in [5.41, 5.74) is 1.17. The minimum Gasteiger partial charge on any atom is -0.494 e. The lowest BCUT2D eigenvalue weighted by Crippen LogP contribution is -2.29. The first-order chi connectivity index (χ1) is 17.3. The van der Waals surface area contributed by atoms with E-state index in [1.165, 1.54) is 26.4 Å². The molecule has 0 saturated carbocycles. The van der Waals surface area contributed by atoms with Crippen molar-refractivity contribution in [1.82, 2.24) is 4.98 Å². The third-order valence-electron chi connectivity index (χ3n) is 5.98. The predicted octanol–water partition coefficient (Wildman–Crippen LogP) is 4.84. The van der Waals surface area contributed by atoms with E-state index in [0.29, 0.717) is 46.2 Å². The Morgan fingerprint density at radius 3 is 2.39 bits per heavy atom. The summed E-state index contributed by atoms with van der Waals surface area (Å²) in [6.07, 6.45) is 0.457. The van der Waals surface area contributed by atoms with E-state index in [2.05, 4.69) is 0 Å². The number of benzene rings is 2. The molecule has 0 radical (unpaired) electrons. The monoisotopic (exact) mass is 517 g/mol. The van der Waals surface area contributed by atoms with Crippen LogP contribution in [0, 0.1) is 5.82 Å². The molecule has 0 aliphatic rings. The topological polar surface area (TPSA) is 98.1 Å². The van der Waals surface area contributed by atoms with Crippen LogP contribution in [0.15, 0.2) is 48.5 Å². The Labute approximate surface area is 214 Å². The summed E-state index contributed by atoms with van der Waals surface area (Å²) in [5, 5.41) is 19.2. The van der Waals surface area contributed by atoms with E-state index in [1.54, 1.807) is 36.4 Å². The van der Waals surface area contributed by atoms with Gasteiger partial charge < -0.3 is 24.4 Å². The number of hydrogen-bond donors (Lipinski definition) is 2. The minimum atomic E-state index is -0.839. The van der Waals surface area contributed by atoms with E-state index in [0.717, 1.165) is 0 Å². The number of hydrogen-bond acceptors (Lipinski definition) is 7. The zero-order chi connectivity index (χ0) is 26.3. The van der Waals surface area contributed by atoms with E-state index in [4.69, 9.17) is 35.9 Å². The van der Waals surface area contributed by atoms with Crippen LogP contribution >= 0.6 is 11.6 Å². The van der Waals surface area contributed by atoms with Gasteiger partial charge in [0.25, 0.3) is 0 Å². The molecule has 0 spiro atoms. The van der Waals surface area contributed by atoms with Crippen molar-refractivity contribution in [3.63, 3.8) is 0 Å². The lowest BCUT2D eigenvalue weighted by atomic mass is 9.81.